The molecule has 4 heteroatoms. The van der Waals surface area contributed by atoms with Crippen LogP contribution in [0.2, 0.25) is 0 Å². The SMILES string of the molecule is CNC(C#N)(CN(C)CC1CCCN1C)C1CC1. The molecule has 1 heterocycles. The fourth-order valence-electron chi connectivity index (χ4n) is 3.23. The molecule has 2 fully saturated rings. The van der Waals surface area contributed by atoms with Crippen LogP contribution in [0.15, 0.2) is 0 Å². The molecule has 0 bridgehead atoms. The molecule has 2 atom stereocenters. The Morgan fingerprint density at radius 2 is 2.17 bits per heavy atom. The highest BCUT2D eigenvalue weighted by atomic mass is 15.2. The zero-order chi connectivity index (χ0) is 13.2. The number of nitrogens with zero attached hydrogens (tertiary/aromatic N) is 3. The predicted molar refractivity (Wildman–Crippen MR) is 73.3 cm³/mol. The van der Waals surface area contributed by atoms with Gasteiger partial charge in [0.2, 0.25) is 0 Å². The largest absolute Gasteiger partial charge is 0.302 e. The topological polar surface area (TPSA) is 42.3 Å². The molecule has 2 aliphatic rings. The van der Waals surface area contributed by atoms with Crippen LogP contribution in [0.3, 0.4) is 0 Å². The van der Waals surface area contributed by atoms with E-state index >= 15 is 0 Å². The van der Waals surface area contributed by atoms with Gasteiger partial charge in [-0.05, 0) is 59.3 Å². The average Bonchev–Trinajstić information content (AvgIpc) is 3.13. The molecule has 1 aliphatic heterocycles. The molecule has 0 aromatic rings. The second-order valence-electron chi connectivity index (χ2n) is 6.08. The molecule has 4 nitrogen and oxygen atoms in total. The van der Waals surface area contributed by atoms with Crippen LogP contribution in [0.4, 0.5) is 0 Å². The first kappa shape index (κ1) is 13.8. The number of nitrogens with one attached hydrogen (secondary N) is 1. The van der Waals surface area contributed by atoms with Crippen molar-refractivity contribution in [1.29, 1.82) is 5.26 Å². The summed E-state index contributed by atoms with van der Waals surface area (Å²) in [4.78, 5) is 4.78. The first-order chi connectivity index (χ1) is 8.61. The third-order valence-corrected chi connectivity index (χ3v) is 4.63. The van der Waals surface area contributed by atoms with Gasteiger partial charge in [-0.25, -0.2) is 0 Å². The van der Waals surface area contributed by atoms with E-state index in [2.05, 4.69) is 35.3 Å². The molecule has 18 heavy (non-hydrogen) atoms. The van der Waals surface area contributed by atoms with Gasteiger partial charge in [0.25, 0.3) is 0 Å². The number of hydrogen-bond acceptors (Lipinski definition) is 4. The molecule has 1 N–H and O–H groups in total. The maximum Gasteiger partial charge on any atom is 0.122 e. The highest BCUT2D eigenvalue weighted by molar-refractivity contribution is 5.16. The number of likely N-dealkylation sites (tertiary alicyclic amines) is 1. The summed E-state index contributed by atoms with van der Waals surface area (Å²) in [7, 11) is 6.29. The summed E-state index contributed by atoms with van der Waals surface area (Å²) in [6, 6.07) is 3.20. The van der Waals surface area contributed by atoms with Crippen LogP contribution in [-0.2, 0) is 0 Å². The maximum atomic E-state index is 9.50. The van der Waals surface area contributed by atoms with Crippen molar-refractivity contribution in [3.05, 3.63) is 0 Å². The molecular formula is C14H26N4. The molecule has 2 rings (SSSR count). The van der Waals surface area contributed by atoms with Gasteiger partial charge in [-0.1, -0.05) is 0 Å². The molecular weight excluding hydrogens is 224 g/mol. The van der Waals surface area contributed by atoms with Crippen molar-refractivity contribution in [2.24, 2.45) is 5.92 Å². The second kappa shape index (κ2) is 5.56. The zero-order valence-electron chi connectivity index (χ0n) is 11.9. The van der Waals surface area contributed by atoms with Gasteiger partial charge >= 0.3 is 0 Å². The van der Waals surface area contributed by atoms with Crippen LogP contribution in [0.5, 0.6) is 0 Å². The monoisotopic (exact) mass is 250 g/mol. The molecule has 1 saturated carbocycles. The molecule has 0 amide bonds. The van der Waals surface area contributed by atoms with Crippen molar-refractivity contribution >= 4 is 0 Å². The van der Waals surface area contributed by atoms with Crippen molar-refractivity contribution in [3.8, 4) is 6.07 Å². The smallest absolute Gasteiger partial charge is 0.122 e. The predicted octanol–water partition coefficient (Wildman–Crippen LogP) is 0.904. The van der Waals surface area contributed by atoms with Crippen LogP contribution >= 0.6 is 0 Å². The van der Waals surface area contributed by atoms with E-state index in [0.717, 1.165) is 13.1 Å². The molecule has 1 saturated heterocycles. The normalized spacial score (nSPS) is 28.3. The summed E-state index contributed by atoms with van der Waals surface area (Å²) in [6.07, 6.45) is 5.01. The van der Waals surface area contributed by atoms with Gasteiger partial charge in [-0.15, -0.1) is 0 Å². The number of likely N-dealkylation sites (N-methyl/N-ethyl adjacent to an activating group) is 3. The van der Waals surface area contributed by atoms with Gasteiger partial charge in [0.15, 0.2) is 0 Å². The summed E-state index contributed by atoms with van der Waals surface area (Å²) < 4.78 is 0. The number of rotatable bonds is 6. The molecule has 102 valence electrons. The van der Waals surface area contributed by atoms with E-state index in [4.69, 9.17) is 0 Å². The van der Waals surface area contributed by atoms with Crippen LogP contribution < -0.4 is 5.32 Å². The van der Waals surface area contributed by atoms with E-state index < -0.39 is 0 Å². The lowest BCUT2D eigenvalue weighted by atomic mass is 9.94. The average molecular weight is 250 g/mol. The van der Waals surface area contributed by atoms with Crippen LogP contribution in [0, 0.1) is 17.2 Å². The molecule has 0 spiro atoms. The molecule has 2 unspecified atom stereocenters. The van der Waals surface area contributed by atoms with Gasteiger partial charge in [0.1, 0.15) is 5.54 Å². The van der Waals surface area contributed by atoms with Gasteiger partial charge < -0.3 is 15.1 Å². The number of hydrogen-bond donors (Lipinski definition) is 1. The van der Waals surface area contributed by atoms with Crippen molar-refractivity contribution < 1.29 is 0 Å². The van der Waals surface area contributed by atoms with E-state index in [1.165, 1.54) is 32.2 Å². The van der Waals surface area contributed by atoms with Crippen molar-refractivity contribution in [1.82, 2.24) is 15.1 Å². The van der Waals surface area contributed by atoms with Gasteiger partial charge in [-0.2, -0.15) is 5.26 Å². The van der Waals surface area contributed by atoms with Gasteiger partial charge in [0, 0.05) is 19.1 Å². The summed E-state index contributed by atoms with van der Waals surface area (Å²) in [5.74, 6) is 0.552. The van der Waals surface area contributed by atoms with E-state index in [1.54, 1.807) is 0 Å². The van der Waals surface area contributed by atoms with E-state index in [1.807, 2.05) is 7.05 Å². The van der Waals surface area contributed by atoms with Crippen molar-refractivity contribution in [2.75, 3.05) is 40.8 Å². The lowest BCUT2D eigenvalue weighted by molar-refractivity contribution is 0.183. The lowest BCUT2D eigenvalue weighted by Crippen LogP contribution is -2.53. The third kappa shape index (κ3) is 2.85. The minimum Gasteiger partial charge on any atom is -0.302 e. The Hall–Kier alpha value is -0.630. The standard InChI is InChI=1S/C14H26N4/c1-16-14(10-15,12-6-7-12)11-17(2)9-13-5-4-8-18(13)3/h12-13,16H,4-9,11H2,1-3H3. The minimum absolute atomic E-state index is 0.327. The summed E-state index contributed by atoms with van der Waals surface area (Å²) in [5, 5.41) is 12.8. The van der Waals surface area contributed by atoms with Crippen molar-refractivity contribution in [2.45, 2.75) is 37.3 Å². The van der Waals surface area contributed by atoms with E-state index in [0.29, 0.717) is 12.0 Å². The second-order valence-corrected chi connectivity index (χ2v) is 6.08. The van der Waals surface area contributed by atoms with Gasteiger partial charge in [0.05, 0.1) is 6.07 Å². The molecule has 1 aliphatic carbocycles. The number of nitriles is 1. The Labute approximate surface area is 111 Å². The Bertz CT molecular complexity index is 320. The maximum absolute atomic E-state index is 9.50. The highest BCUT2D eigenvalue weighted by Gasteiger charge is 2.45. The molecule has 0 aromatic carbocycles. The molecule has 0 aromatic heterocycles. The highest BCUT2D eigenvalue weighted by Crippen LogP contribution is 2.39. The Morgan fingerprint density at radius 3 is 2.61 bits per heavy atom. The fraction of sp³-hybridized carbons (Fsp3) is 0.929. The fourth-order valence-corrected chi connectivity index (χ4v) is 3.23. The van der Waals surface area contributed by atoms with Crippen LogP contribution in [0.1, 0.15) is 25.7 Å². The Morgan fingerprint density at radius 1 is 1.44 bits per heavy atom. The minimum atomic E-state index is -0.327. The Kier molecular flexibility index (Phi) is 4.26. The van der Waals surface area contributed by atoms with Crippen molar-refractivity contribution in [3.63, 3.8) is 0 Å². The van der Waals surface area contributed by atoms with E-state index in [-0.39, 0.29) is 5.54 Å². The quantitative estimate of drug-likeness (QED) is 0.761. The Balaban J connectivity index is 1.89. The first-order valence-electron chi connectivity index (χ1n) is 7.10. The summed E-state index contributed by atoms with van der Waals surface area (Å²) in [5.41, 5.74) is -0.327. The van der Waals surface area contributed by atoms with Crippen LogP contribution in [0.25, 0.3) is 0 Å². The van der Waals surface area contributed by atoms with E-state index in [9.17, 15) is 5.26 Å². The summed E-state index contributed by atoms with van der Waals surface area (Å²) in [6.45, 7) is 3.14. The zero-order valence-corrected chi connectivity index (χ0v) is 11.9. The first-order valence-corrected chi connectivity index (χ1v) is 7.10. The lowest BCUT2D eigenvalue weighted by Gasteiger charge is -2.33. The van der Waals surface area contributed by atoms with Gasteiger partial charge in [-0.3, -0.25) is 0 Å². The third-order valence-electron chi connectivity index (χ3n) is 4.63. The molecule has 0 radical (unpaired) electrons. The summed E-state index contributed by atoms with van der Waals surface area (Å²) >= 11 is 0. The van der Waals surface area contributed by atoms with Crippen LogP contribution in [-0.4, -0.2) is 62.2 Å².